The molecule has 0 aliphatic rings. The van der Waals surface area contributed by atoms with Gasteiger partial charge in [-0.1, -0.05) is 39.7 Å². The number of hydrogen-bond donors (Lipinski definition) is 1. The minimum atomic E-state index is 0.579. The highest BCUT2D eigenvalue weighted by molar-refractivity contribution is 9.10. The molecule has 0 bridgehead atoms. The number of rotatable bonds is 4. The van der Waals surface area contributed by atoms with Crippen LogP contribution in [0.25, 0.3) is 0 Å². The first-order valence-electron chi connectivity index (χ1n) is 5.61. The molecule has 2 aromatic rings. The Morgan fingerprint density at radius 1 is 1.11 bits per heavy atom. The van der Waals surface area contributed by atoms with Crippen LogP contribution in [0.15, 0.2) is 46.9 Å². The van der Waals surface area contributed by atoms with E-state index >= 15 is 0 Å². The molecule has 18 heavy (non-hydrogen) atoms. The van der Waals surface area contributed by atoms with Crippen molar-refractivity contribution in [1.29, 1.82) is 0 Å². The zero-order valence-corrected chi connectivity index (χ0v) is 12.0. The maximum atomic E-state index is 6.09. The molecule has 94 valence electrons. The SMILES string of the molecule is NCCc1ccc(Oc2ccc(Br)cc2Cl)cc1. The highest BCUT2D eigenvalue weighted by Gasteiger charge is 2.03. The number of ether oxygens (including phenoxy) is 1. The maximum Gasteiger partial charge on any atom is 0.146 e. The Morgan fingerprint density at radius 3 is 2.44 bits per heavy atom. The van der Waals surface area contributed by atoms with Crippen molar-refractivity contribution < 1.29 is 4.74 Å². The first kappa shape index (κ1) is 13.4. The largest absolute Gasteiger partial charge is 0.456 e. The average Bonchev–Trinajstić information content (AvgIpc) is 2.35. The van der Waals surface area contributed by atoms with Crippen molar-refractivity contribution in [3.05, 3.63) is 57.5 Å². The topological polar surface area (TPSA) is 35.2 Å². The molecule has 0 saturated carbocycles. The molecule has 0 heterocycles. The summed E-state index contributed by atoms with van der Waals surface area (Å²) in [6, 6.07) is 13.4. The van der Waals surface area contributed by atoms with Crippen LogP contribution in [0.4, 0.5) is 0 Å². The summed E-state index contributed by atoms with van der Waals surface area (Å²) >= 11 is 9.45. The highest BCUT2D eigenvalue weighted by Crippen LogP contribution is 2.31. The molecule has 2 N–H and O–H groups in total. The van der Waals surface area contributed by atoms with Gasteiger partial charge >= 0.3 is 0 Å². The average molecular weight is 327 g/mol. The van der Waals surface area contributed by atoms with Crippen molar-refractivity contribution in [3.63, 3.8) is 0 Å². The van der Waals surface area contributed by atoms with Crippen LogP contribution in [0.5, 0.6) is 11.5 Å². The third kappa shape index (κ3) is 3.48. The lowest BCUT2D eigenvalue weighted by molar-refractivity contribution is 0.482. The van der Waals surface area contributed by atoms with Gasteiger partial charge in [0.25, 0.3) is 0 Å². The van der Waals surface area contributed by atoms with Gasteiger partial charge < -0.3 is 10.5 Å². The molecule has 0 aromatic heterocycles. The summed E-state index contributed by atoms with van der Waals surface area (Å²) in [6.45, 7) is 0.652. The number of hydrogen-bond acceptors (Lipinski definition) is 2. The summed E-state index contributed by atoms with van der Waals surface area (Å²) in [5.41, 5.74) is 6.70. The van der Waals surface area contributed by atoms with Crippen LogP contribution in [-0.4, -0.2) is 6.54 Å². The number of benzene rings is 2. The lowest BCUT2D eigenvalue weighted by atomic mass is 10.1. The predicted molar refractivity (Wildman–Crippen MR) is 78.4 cm³/mol. The molecular weight excluding hydrogens is 314 g/mol. The Morgan fingerprint density at radius 2 is 1.83 bits per heavy atom. The Hall–Kier alpha value is -1.03. The summed E-state index contributed by atoms with van der Waals surface area (Å²) in [5, 5.41) is 0.579. The minimum absolute atomic E-state index is 0.579. The Labute approximate surface area is 120 Å². The zero-order valence-electron chi connectivity index (χ0n) is 9.70. The van der Waals surface area contributed by atoms with E-state index in [1.54, 1.807) is 6.07 Å². The Bertz CT molecular complexity index is 528. The van der Waals surface area contributed by atoms with Gasteiger partial charge in [-0.15, -0.1) is 0 Å². The van der Waals surface area contributed by atoms with Gasteiger partial charge in [-0.2, -0.15) is 0 Å². The highest BCUT2D eigenvalue weighted by atomic mass is 79.9. The van der Waals surface area contributed by atoms with Gasteiger partial charge in [0.05, 0.1) is 5.02 Å². The Balaban J connectivity index is 2.13. The summed E-state index contributed by atoms with van der Waals surface area (Å²) in [5.74, 6) is 1.41. The van der Waals surface area contributed by atoms with Crippen molar-refractivity contribution >= 4 is 27.5 Å². The fraction of sp³-hybridized carbons (Fsp3) is 0.143. The second kappa shape index (κ2) is 6.23. The maximum absolute atomic E-state index is 6.09. The van der Waals surface area contributed by atoms with Gasteiger partial charge in [-0.05, 0) is 48.9 Å². The molecule has 2 aromatic carbocycles. The predicted octanol–water partition coefficient (Wildman–Crippen LogP) is 4.40. The lowest BCUT2D eigenvalue weighted by Gasteiger charge is -2.08. The standard InChI is InChI=1S/C14H13BrClNO/c15-11-3-6-14(13(16)9-11)18-12-4-1-10(2-5-12)7-8-17/h1-6,9H,7-8,17H2. The molecule has 4 heteroatoms. The molecular formula is C14H13BrClNO. The van der Waals surface area contributed by atoms with Crippen molar-refractivity contribution in [2.75, 3.05) is 6.54 Å². The molecule has 0 fully saturated rings. The first-order chi connectivity index (χ1) is 8.69. The molecule has 0 atom stereocenters. The molecule has 0 aliphatic carbocycles. The third-order valence-electron chi connectivity index (χ3n) is 2.48. The van der Waals surface area contributed by atoms with E-state index in [4.69, 9.17) is 22.1 Å². The molecule has 2 rings (SSSR count). The number of halogens is 2. The number of nitrogens with two attached hydrogens (primary N) is 1. The second-order valence-corrected chi connectivity index (χ2v) is 5.18. The summed E-state index contributed by atoms with van der Waals surface area (Å²) in [6.07, 6.45) is 0.874. The van der Waals surface area contributed by atoms with Crippen LogP contribution in [0.1, 0.15) is 5.56 Å². The molecule has 0 spiro atoms. The van der Waals surface area contributed by atoms with Crippen LogP contribution in [-0.2, 0) is 6.42 Å². The van der Waals surface area contributed by atoms with Gasteiger partial charge in [-0.3, -0.25) is 0 Å². The third-order valence-corrected chi connectivity index (χ3v) is 3.27. The molecule has 2 nitrogen and oxygen atoms in total. The van der Waals surface area contributed by atoms with Crippen LogP contribution in [0.2, 0.25) is 5.02 Å². The molecule has 0 unspecified atom stereocenters. The van der Waals surface area contributed by atoms with E-state index in [-0.39, 0.29) is 0 Å². The van der Waals surface area contributed by atoms with E-state index in [2.05, 4.69) is 15.9 Å². The smallest absolute Gasteiger partial charge is 0.146 e. The van der Waals surface area contributed by atoms with E-state index in [1.807, 2.05) is 36.4 Å². The first-order valence-corrected chi connectivity index (χ1v) is 6.78. The molecule has 0 amide bonds. The van der Waals surface area contributed by atoms with Crippen molar-refractivity contribution in [2.24, 2.45) is 5.73 Å². The van der Waals surface area contributed by atoms with Crippen LogP contribution in [0.3, 0.4) is 0 Å². The fourth-order valence-corrected chi connectivity index (χ4v) is 2.29. The van der Waals surface area contributed by atoms with E-state index in [0.717, 1.165) is 16.6 Å². The van der Waals surface area contributed by atoms with E-state index < -0.39 is 0 Å². The lowest BCUT2D eigenvalue weighted by Crippen LogP contribution is -2.02. The van der Waals surface area contributed by atoms with Crippen LogP contribution >= 0.6 is 27.5 Å². The van der Waals surface area contributed by atoms with E-state index in [1.165, 1.54) is 5.56 Å². The molecule has 0 radical (unpaired) electrons. The van der Waals surface area contributed by atoms with Crippen LogP contribution in [0, 0.1) is 0 Å². The van der Waals surface area contributed by atoms with Gasteiger partial charge in [0.2, 0.25) is 0 Å². The van der Waals surface area contributed by atoms with E-state index in [0.29, 0.717) is 17.3 Å². The molecule has 0 aliphatic heterocycles. The van der Waals surface area contributed by atoms with Gasteiger partial charge in [-0.25, -0.2) is 0 Å². The summed E-state index contributed by atoms with van der Waals surface area (Å²) < 4.78 is 6.64. The molecule has 0 saturated heterocycles. The zero-order chi connectivity index (χ0) is 13.0. The van der Waals surface area contributed by atoms with Crippen LogP contribution < -0.4 is 10.5 Å². The van der Waals surface area contributed by atoms with Gasteiger partial charge in [0.15, 0.2) is 0 Å². The monoisotopic (exact) mass is 325 g/mol. The second-order valence-electron chi connectivity index (χ2n) is 3.86. The minimum Gasteiger partial charge on any atom is -0.456 e. The van der Waals surface area contributed by atoms with E-state index in [9.17, 15) is 0 Å². The quantitative estimate of drug-likeness (QED) is 0.904. The van der Waals surface area contributed by atoms with Gasteiger partial charge in [0.1, 0.15) is 11.5 Å². The fourth-order valence-electron chi connectivity index (χ4n) is 1.58. The summed E-state index contributed by atoms with van der Waals surface area (Å²) in [4.78, 5) is 0. The van der Waals surface area contributed by atoms with Crippen molar-refractivity contribution in [2.45, 2.75) is 6.42 Å². The Kier molecular flexibility index (Phi) is 4.64. The normalized spacial score (nSPS) is 10.4. The van der Waals surface area contributed by atoms with Crippen molar-refractivity contribution in [1.82, 2.24) is 0 Å². The van der Waals surface area contributed by atoms with Gasteiger partial charge in [0, 0.05) is 4.47 Å². The summed E-state index contributed by atoms with van der Waals surface area (Å²) in [7, 11) is 0. The van der Waals surface area contributed by atoms with Crippen molar-refractivity contribution in [3.8, 4) is 11.5 Å².